The first-order valence-corrected chi connectivity index (χ1v) is 8.97. The molecule has 0 N–H and O–H groups in total. The Labute approximate surface area is 161 Å². The van der Waals surface area contributed by atoms with Crippen LogP contribution in [0.1, 0.15) is 17.0 Å². The summed E-state index contributed by atoms with van der Waals surface area (Å²) in [5, 5.41) is 4.30. The molecular formula is C21H20FN5O. The van der Waals surface area contributed by atoms with Crippen LogP contribution in [0.15, 0.2) is 61.1 Å². The minimum atomic E-state index is -0.288. The van der Waals surface area contributed by atoms with E-state index in [1.54, 1.807) is 35.0 Å². The van der Waals surface area contributed by atoms with Crippen molar-refractivity contribution in [2.24, 2.45) is 0 Å². The number of amides is 1. The lowest BCUT2D eigenvalue weighted by Crippen LogP contribution is -2.28. The molecule has 3 heterocycles. The summed E-state index contributed by atoms with van der Waals surface area (Å²) in [5.41, 5.74) is 4.26. The number of pyridine rings is 1. The quantitative estimate of drug-likeness (QED) is 0.537. The summed E-state index contributed by atoms with van der Waals surface area (Å²) in [7, 11) is 1.77. The maximum Gasteiger partial charge on any atom is 0.228 e. The van der Waals surface area contributed by atoms with Crippen molar-refractivity contribution >= 4 is 11.6 Å². The van der Waals surface area contributed by atoms with E-state index in [9.17, 15) is 9.18 Å². The minimum Gasteiger partial charge on any atom is -0.341 e. The first-order valence-electron chi connectivity index (χ1n) is 8.97. The van der Waals surface area contributed by atoms with E-state index < -0.39 is 0 Å². The molecule has 0 aliphatic carbocycles. The van der Waals surface area contributed by atoms with Gasteiger partial charge in [0.2, 0.25) is 5.91 Å². The van der Waals surface area contributed by atoms with Gasteiger partial charge in [0.1, 0.15) is 11.5 Å². The van der Waals surface area contributed by atoms with E-state index >= 15 is 0 Å². The van der Waals surface area contributed by atoms with Gasteiger partial charge in [0.15, 0.2) is 0 Å². The number of carbonyl (C=O) groups excluding carboxylic acids is 1. The second-order valence-corrected chi connectivity index (χ2v) is 6.77. The Morgan fingerprint density at radius 3 is 2.75 bits per heavy atom. The van der Waals surface area contributed by atoms with Gasteiger partial charge >= 0.3 is 0 Å². The molecule has 4 aromatic rings. The van der Waals surface area contributed by atoms with Gasteiger partial charge in [-0.3, -0.25) is 4.79 Å². The van der Waals surface area contributed by atoms with Crippen molar-refractivity contribution in [2.75, 3.05) is 7.05 Å². The van der Waals surface area contributed by atoms with Crippen molar-refractivity contribution in [1.29, 1.82) is 0 Å². The monoisotopic (exact) mass is 377 g/mol. The molecule has 0 unspecified atom stereocenters. The number of aryl methyl sites for hydroxylation is 1. The van der Waals surface area contributed by atoms with Crippen molar-refractivity contribution in [3.8, 4) is 5.69 Å². The molecule has 7 heteroatoms. The second-order valence-electron chi connectivity index (χ2n) is 6.77. The number of hydrogen-bond acceptors (Lipinski definition) is 3. The van der Waals surface area contributed by atoms with E-state index in [1.807, 2.05) is 41.9 Å². The number of aromatic nitrogens is 4. The number of nitrogens with zero attached hydrogens (tertiary/aromatic N) is 5. The van der Waals surface area contributed by atoms with Gasteiger partial charge in [-0.15, -0.1) is 0 Å². The summed E-state index contributed by atoms with van der Waals surface area (Å²) in [5.74, 6) is -0.285. The van der Waals surface area contributed by atoms with E-state index in [1.165, 1.54) is 12.1 Å². The van der Waals surface area contributed by atoms with E-state index in [-0.39, 0.29) is 18.1 Å². The number of likely N-dealkylation sites (N-methyl/N-ethyl adjacent to an activating group) is 1. The van der Waals surface area contributed by atoms with Gasteiger partial charge in [-0.2, -0.15) is 5.10 Å². The molecule has 0 aliphatic rings. The third-order valence-corrected chi connectivity index (χ3v) is 4.72. The molecule has 4 rings (SSSR count). The number of hydrogen-bond donors (Lipinski definition) is 0. The summed E-state index contributed by atoms with van der Waals surface area (Å²) < 4.78 is 16.7. The Morgan fingerprint density at radius 1 is 1.18 bits per heavy atom. The zero-order valence-electron chi connectivity index (χ0n) is 15.7. The van der Waals surface area contributed by atoms with E-state index in [2.05, 4.69) is 10.1 Å². The zero-order valence-corrected chi connectivity index (χ0v) is 15.7. The molecule has 0 fully saturated rings. The van der Waals surface area contributed by atoms with E-state index in [0.29, 0.717) is 6.54 Å². The van der Waals surface area contributed by atoms with Gasteiger partial charge < -0.3 is 9.30 Å². The lowest BCUT2D eigenvalue weighted by atomic mass is 10.2. The number of halogens is 1. The SMILES string of the molecule is Cc1nc2ccccn2c1CC(=O)N(C)Cc1cnn(-c2ccc(F)cc2)c1. The highest BCUT2D eigenvalue weighted by molar-refractivity contribution is 5.78. The van der Waals surface area contributed by atoms with Crippen LogP contribution >= 0.6 is 0 Å². The van der Waals surface area contributed by atoms with Crippen molar-refractivity contribution in [3.05, 3.63) is 83.8 Å². The highest BCUT2D eigenvalue weighted by atomic mass is 19.1. The van der Waals surface area contributed by atoms with Crippen LogP contribution in [0.5, 0.6) is 0 Å². The molecule has 28 heavy (non-hydrogen) atoms. The summed E-state index contributed by atoms with van der Waals surface area (Å²) in [6.07, 6.45) is 5.76. The molecule has 0 saturated carbocycles. The standard InChI is InChI=1S/C21H20FN5O/c1-15-19(26-10-4-3-5-20(26)24-15)11-21(28)25(2)13-16-12-23-27(14-16)18-8-6-17(22)7-9-18/h3-10,12,14H,11,13H2,1-2H3. The van der Waals surface area contributed by atoms with Crippen LogP contribution in [0.4, 0.5) is 4.39 Å². The maximum absolute atomic E-state index is 13.1. The first kappa shape index (κ1) is 17.9. The normalized spacial score (nSPS) is 11.1. The Kier molecular flexibility index (Phi) is 4.65. The van der Waals surface area contributed by atoms with Crippen LogP contribution in [0, 0.1) is 12.7 Å². The van der Waals surface area contributed by atoms with Gasteiger partial charge in [-0.05, 0) is 43.3 Å². The molecule has 3 aromatic heterocycles. The van der Waals surface area contributed by atoms with Gasteiger partial charge in [0, 0.05) is 31.5 Å². The first-order chi connectivity index (χ1) is 13.5. The van der Waals surface area contributed by atoms with Crippen LogP contribution < -0.4 is 0 Å². The molecule has 0 aliphatic heterocycles. The maximum atomic E-state index is 13.1. The molecule has 0 radical (unpaired) electrons. The van der Waals surface area contributed by atoms with E-state index in [4.69, 9.17) is 0 Å². The lowest BCUT2D eigenvalue weighted by molar-refractivity contribution is -0.129. The van der Waals surface area contributed by atoms with Gasteiger partial charge in [0.05, 0.1) is 29.7 Å². The fourth-order valence-corrected chi connectivity index (χ4v) is 3.19. The van der Waals surface area contributed by atoms with Crippen LogP contribution in [0.25, 0.3) is 11.3 Å². The molecule has 6 nitrogen and oxygen atoms in total. The second kappa shape index (κ2) is 7.26. The molecule has 0 atom stereocenters. The van der Waals surface area contributed by atoms with Crippen molar-refractivity contribution in [2.45, 2.75) is 19.9 Å². The number of rotatable bonds is 5. The van der Waals surface area contributed by atoms with Crippen molar-refractivity contribution in [1.82, 2.24) is 24.1 Å². The number of imidazole rings is 1. The molecular weight excluding hydrogens is 357 g/mol. The average molecular weight is 377 g/mol. The summed E-state index contributed by atoms with van der Waals surface area (Å²) >= 11 is 0. The van der Waals surface area contributed by atoms with Gasteiger partial charge in [0.25, 0.3) is 0 Å². The largest absolute Gasteiger partial charge is 0.341 e. The lowest BCUT2D eigenvalue weighted by Gasteiger charge is -2.16. The molecule has 1 amide bonds. The Balaban J connectivity index is 1.46. The summed E-state index contributed by atoms with van der Waals surface area (Å²) in [6, 6.07) is 11.9. The summed E-state index contributed by atoms with van der Waals surface area (Å²) in [4.78, 5) is 18.9. The van der Waals surface area contributed by atoms with Crippen molar-refractivity contribution in [3.63, 3.8) is 0 Å². The molecule has 0 saturated heterocycles. The fourth-order valence-electron chi connectivity index (χ4n) is 3.19. The predicted octanol–water partition coefficient (Wildman–Crippen LogP) is 3.17. The number of benzene rings is 1. The van der Waals surface area contributed by atoms with Crippen molar-refractivity contribution < 1.29 is 9.18 Å². The fraction of sp³-hybridized carbons (Fsp3) is 0.190. The van der Waals surface area contributed by atoms with Crippen LogP contribution in [-0.2, 0) is 17.8 Å². The number of carbonyl (C=O) groups is 1. The Bertz CT molecular complexity index is 1130. The molecule has 1 aromatic carbocycles. The van der Waals surface area contributed by atoms with Gasteiger partial charge in [-0.1, -0.05) is 6.07 Å². The average Bonchev–Trinajstić information content (AvgIpc) is 3.27. The molecule has 0 bridgehead atoms. The minimum absolute atomic E-state index is 0.00304. The Hall–Kier alpha value is -3.48. The number of fused-ring (bicyclic) bond motifs is 1. The third kappa shape index (κ3) is 3.51. The van der Waals surface area contributed by atoms with Gasteiger partial charge in [-0.25, -0.2) is 14.1 Å². The summed E-state index contributed by atoms with van der Waals surface area (Å²) in [6.45, 7) is 2.36. The zero-order chi connectivity index (χ0) is 19.7. The van der Waals surface area contributed by atoms with E-state index in [0.717, 1.165) is 28.3 Å². The van der Waals surface area contributed by atoms with Crippen LogP contribution in [-0.4, -0.2) is 37.0 Å². The smallest absolute Gasteiger partial charge is 0.228 e. The highest BCUT2D eigenvalue weighted by Crippen LogP contribution is 2.15. The van der Waals surface area contributed by atoms with Crippen LogP contribution in [0.2, 0.25) is 0 Å². The predicted molar refractivity (Wildman–Crippen MR) is 104 cm³/mol. The third-order valence-electron chi connectivity index (χ3n) is 4.72. The molecule has 0 spiro atoms. The highest BCUT2D eigenvalue weighted by Gasteiger charge is 2.16. The topological polar surface area (TPSA) is 55.4 Å². The Morgan fingerprint density at radius 2 is 1.96 bits per heavy atom. The molecule has 142 valence electrons. The van der Waals surface area contributed by atoms with Crippen LogP contribution in [0.3, 0.4) is 0 Å².